The standard InChI is InChI=1S/C21H30O4/c1-5-13(2)6-7-24-18-21-12-20(21,17(23)25-18)9-14-8-19(3,4)10-15(14)16(21)11-22/h11,13-14,18H,5-10,12H2,1-4H3/t13?,14-,18-,20+,21+/m0/s1. The van der Waals surface area contributed by atoms with E-state index in [-0.39, 0.29) is 11.4 Å². The van der Waals surface area contributed by atoms with Crippen LogP contribution in [0.1, 0.15) is 66.2 Å². The van der Waals surface area contributed by atoms with Crippen molar-refractivity contribution in [3.05, 3.63) is 11.1 Å². The highest BCUT2D eigenvalue weighted by atomic mass is 16.7. The minimum atomic E-state index is -0.568. The summed E-state index contributed by atoms with van der Waals surface area (Å²) in [7, 11) is 0. The van der Waals surface area contributed by atoms with Crippen molar-refractivity contribution in [2.45, 2.75) is 72.5 Å². The van der Waals surface area contributed by atoms with E-state index < -0.39 is 17.1 Å². The number of aldehydes is 1. The molecular weight excluding hydrogens is 316 g/mol. The maximum Gasteiger partial charge on any atom is 0.315 e. The highest BCUT2D eigenvalue weighted by molar-refractivity contribution is 5.93. The van der Waals surface area contributed by atoms with E-state index in [1.54, 1.807) is 0 Å². The van der Waals surface area contributed by atoms with E-state index in [0.29, 0.717) is 18.4 Å². The number of allylic oxidation sites excluding steroid dienone is 1. The Bertz CT molecular complexity index is 648. The third kappa shape index (κ3) is 2.22. The van der Waals surface area contributed by atoms with Crippen molar-refractivity contribution in [2.75, 3.05) is 6.61 Å². The number of hydrogen-bond acceptors (Lipinski definition) is 4. The molecule has 4 nitrogen and oxygen atoms in total. The van der Waals surface area contributed by atoms with Crippen LogP contribution in [0.25, 0.3) is 0 Å². The van der Waals surface area contributed by atoms with Gasteiger partial charge in [0.05, 0.1) is 17.4 Å². The fraction of sp³-hybridized carbons (Fsp3) is 0.810. The van der Waals surface area contributed by atoms with Gasteiger partial charge in [0.25, 0.3) is 0 Å². The second-order valence-electron chi connectivity index (χ2n) is 9.64. The number of cyclic esters (lactones) is 1. The largest absolute Gasteiger partial charge is 0.434 e. The van der Waals surface area contributed by atoms with E-state index in [0.717, 1.165) is 50.4 Å². The molecule has 4 rings (SSSR count). The first kappa shape index (κ1) is 17.3. The summed E-state index contributed by atoms with van der Waals surface area (Å²) in [6.45, 7) is 9.48. The average molecular weight is 346 g/mol. The molecule has 1 heterocycles. The number of carbonyl (C=O) groups is 2. The molecule has 0 aromatic heterocycles. The van der Waals surface area contributed by atoms with E-state index in [2.05, 4.69) is 27.7 Å². The van der Waals surface area contributed by atoms with Gasteiger partial charge in [-0.15, -0.1) is 0 Å². The number of carbonyl (C=O) groups excluding carboxylic acids is 2. The van der Waals surface area contributed by atoms with E-state index in [9.17, 15) is 9.59 Å². The summed E-state index contributed by atoms with van der Waals surface area (Å²) in [4.78, 5) is 24.8. The van der Waals surface area contributed by atoms with Gasteiger partial charge in [-0.3, -0.25) is 9.59 Å². The average Bonchev–Trinajstić information content (AvgIpc) is 3.06. The fourth-order valence-electron chi connectivity index (χ4n) is 5.80. The Labute approximate surface area is 150 Å². The molecule has 0 bridgehead atoms. The summed E-state index contributed by atoms with van der Waals surface area (Å²) in [6, 6.07) is 0. The van der Waals surface area contributed by atoms with Crippen molar-refractivity contribution in [3.63, 3.8) is 0 Å². The Hall–Kier alpha value is -1.16. The lowest BCUT2D eigenvalue weighted by atomic mass is 9.72. The highest BCUT2D eigenvalue weighted by Crippen LogP contribution is 2.80. The summed E-state index contributed by atoms with van der Waals surface area (Å²) in [5.41, 5.74) is 1.35. The van der Waals surface area contributed by atoms with E-state index in [1.165, 1.54) is 5.57 Å². The zero-order valence-corrected chi connectivity index (χ0v) is 15.9. The quantitative estimate of drug-likeness (QED) is 0.538. The number of ether oxygens (including phenoxy) is 2. The first-order chi connectivity index (χ1) is 11.8. The van der Waals surface area contributed by atoms with E-state index in [4.69, 9.17) is 9.47 Å². The molecule has 3 fully saturated rings. The fourth-order valence-corrected chi connectivity index (χ4v) is 5.80. The van der Waals surface area contributed by atoms with Crippen LogP contribution in [0.4, 0.5) is 0 Å². The minimum Gasteiger partial charge on any atom is -0.434 e. The van der Waals surface area contributed by atoms with Gasteiger partial charge in [0.1, 0.15) is 6.29 Å². The van der Waals surface area contributed by atoms with Crippen LogP contribution in [0.5, 0.6) is 0 Å². The molecule has 1 aliphatic heterocycles. The van der Waals surface area contributed by atoms with Crippen LogP contribution < -0.4 is 0 Å². The lowest BCUT2D eigenvalue weighted by Crippen LogP contribution is -2.33. The summed E-state index contributed by atoms with van der Waals surface area (Å²) in [5, 5.41) is 0. The van der Waals surface area contributed by atoms with E-state index in [1.807, 2.05) is 0 Å². The van der Waals surface area contributed by atoms with Crippen LogP contribution >= 0.6 is 0 Å². The Morgan fingerprint density at radius 2 is 2.12 bits per heavy atom. The number of rotatable bonds is 6. The Balaban J connectivity index is 1.63. The van der Waals surface area contributed by atoms with Crippen molar-refractivity contribution < 1.29 is 19.1 Å². The molecule has 3 aliphatic carbocycles. The third-order valence-corrected chi connectivity index (χ3v) is 7.39. The maximum absolute atomic E-state index is 12.7. The van der Waals surface area contributed by atoms with Gasteiger partial charge >= 0.3 is 5.97 Å². The third-order valence-electron chi connectivity index (χ3n) is 7.39. The molecule has 5 atom stereocenters. The Morgan fingerprint density at radius 1 is 1.36 bits per heavy atom. The van der Waals surface area contributed by atoms with Gasteiger partial charge in [-0.1, -0.05) is 39.7 Å². The molecule has 0 spiro atoms. The molecule has 1 unspecified atom stereocenters. The SMILES string of the molecule is CCC(C)CCO[C@H]1OC(=O)[C@]23C[C@@H]4CC(C)(C)CC4=C(C=O)[C@]12C3. The van der Waals surface area contributed by atoms with Crippen molar-refractivity contribution in [2.24, 2.45) is 28.1 Å². The number of hydrogen-bond donors (Lipinski definition) is 0. The first-order valence-corrected chi connectivity index (χ1v) is 9.81. The van der Waals surface area contributed by atoms with Crippen LogP contribution in [-0.2, 0) is 19.1 Å². The highest BCUT2D eigenvalue weighted by Gasteiger charge is 2.85. The van der Waals surface area contributed by atoms with Crippen LogP contribution in [0.15, 0.2) is 11.1 Å². The van der Waals surface area contributed by atoms with Crippen molar-refractivity contribution in [1.82, 2.24) is 0 Å². The second kappa shape index (κ2) is 5.42. The summed E-state index contributed by atoms with van der Waals surface area (Å²) < 4.78 is 11.7. The molecule has 4 aliphatic rings. The lowest BCUT2D eigenvalue weighted by molar-refractivity contribution is -0.177. The molecule has 0 amide bonds. The molecule has 0 aromatic rings. The molecular formula is C21H30O4. The van der Waals surface area contributed by atoms with Gasteiger partial charge in [-0.25, -0.2) is 0 Å². The van der Waals surface area contributed by atoms with Crippen LogP contribution in [0.2, 0.25) is 0 Å². The second-order valence-corrected chi connectivity index (χ2v) is 9.64. The minimum absolute atomic E-state index is 0.135. The smallest absolute Gasteiger partial charge is 0.315 e. The molecule has 2 saturated carbocycles. The van der Waals surface area contributed by atoms with Crippen molar-refractivity contribution in [3.8, 4) is 0 Å². The number of esters is 1. The predicted octanol–water partition coefficient (Wildman–Crippen LogP) is 4.03. The predicted molar refractivity (Wildman–Crippen MR) is 93.6 cm³/mol. The van der Waals surface area contributed by atoms with Gasteiger partial charge in [-0.2, -0.15) is 0 Å². The van der Waals surface area contributed by atoms with Gasteiger partial charge in [0.2, 0.25) is 6.29 Å². The monoisotopic (exact) mass is 346 g/mol. The molecule has 138 valence electrons. The number of fused-ring (bicyclic) bond motifs is 1. The zero-order chi connectivity index (χ0) is 18.0. The summed E-state index contributed by atoms with van der Waals surface area (Å²) >= 11 is 0. The van der Waals surface area contributed by atoms with Crippen LogP contribution in [0, 0.1) is 28.1 Å². The zero-order valence-electron chi connectivity index (χ0n) is 15.9. The molecule has 0 aromatic carbocycles. The molecule has 4 heteroatoms. The first-order valence-electron chi connectivity index (χ1n) is 9.81. The maximum atomic E-state index is 12.7. The van der Waals surface area contributed by atoms with Gasteiger partial charge in [-0.05, 0) is 49.4 Å². The summed E-state index contributed by atoms with van der Waals surface area (Å²) in [6.07, 6.45) is 6.11. The van der Waals surface area contributed by atoms with Gasteiger partial charge in [0, 0.05) is 5.57 Å². The molecule has 0 N–H and O–H groups in total. The van der Waals surface area contributed by atoms with Crippen LogP contribution in [-0.4, -0.2) is 25.2 Å². The molecule has 0 radical (unpaired) electrons. The lowest BCUT2D eigenvalue weighted by Gasteiger charge is -2.30. The van der Waals surface area contributed by atoms with Gasteiger partial charge < -0.3 is 9.47 Å². The van der Waals surface area contributed by atoms with Crippen molar-refractivity contribution >= 4 is 12.3 Å². The molecule has 1 saturated heterocycles. The van der Waals surface area contributed by atoms with Crippen LogP contribution in [0.3, 0.4) is 0 Å². The van der Waals surface area contributed by atoms with E-state index >= 15 is 0 Å². The molecule has 25 heavy (non-hydrogen) atoms. The summed E-state index contributed by atoms with van der Waals surface area (Å²) in [5.74, 6) is 0.815. The topological polar surface area (TPSA) is 52.6 Å². The normalized spacial score (nSPS) is 41.7. The Morgan fingerprint density at radius 3 is 2.80 bits per heavy atom. The van der Waals surface area contributed by atoms with Gasteiger partial charge in [0.15, 0.2) is 0 Å². The Kier molecular flexibility index (Phi) is 3.74. The van der Waals surface area contributed by atoms with Crippen molar-refractivity contribution in [1.29, 1.82) is 0 Å².